The molecule has 1 heterocycles. The van der Waals surface area contributed by atoms with Gasteiger partial charge in [0.25, 0.3) is 0 Å². The normalized spacial score (nSPS) is 10.4. The van der Waals surface area contributed by atoms with Crippen molar-refractivity contribution >= 4 is 27.3 Å². The number of furan rings is 1. The fourth-order valence-corrected chi connectivity index (χ4v) is 2.25. The van der Waals surface area contributed by atoms with Crippen molar-refractivity contribution in [2.75, 3.05) is 17.7 Å². The maximum atomic E-state index is 5.70. The summed E-state index contributed by atoms with van der Waals surface area (Å²) in [6.07, 6.45) is 1.68. The summed E-state index contributed by atoms with van der Waals surface area (Å²) in [6, 6.07) is 9.62. The Morgan fingerprint density at radius 2 is 2.19 bits per heavy atom. The van der Waals surface area contributed by atoms with Gasteiger partial charge in [-0.15, -0.1) is 0 Å². The molecule has 0 atom stereocenters. The van der Waals surface area contributed by atoms with Crippen molar-refractivity contribution in [3.8, 4) is 0 Å². The predicted octanol–water partition coefficient (Wildman–Crippen LogP) is 3.26. The quantitative estimate of drug-likeness (QED) is 0.878. The van der Waals surface area contributed by atoms with E-state index < -0.39 is 0 Å². The minimum Gasteiger partial charge on any atom is -0.467 e. The molecule has 0 amide bonds. The molecule has 2 aromatic rings. The minimum atomic E-state index is 0.732. The number of rotatable bonds is 3. The second-order valence-corrected chi connectivity index (χ2v) is 4.50. The van der Waals surface area contributed by atoms with Gasteiger partial charge in [0.15, 0.2) is 0 Å². The van der Waals surface area contributed by atoms with Crippen molar-refractivity contribution in [2.24, 2.45) is 0 Å². The molecular weight excluding hydrogens is 268 g/mol. The fourth-order valence-electron chi connectivity index (χ4n) is 1.55. The zero-order valence-corrected chi connectivity index (χ0v) is 10.6. The first-order valence-corrected chi connectivity index (χ1v) is 5.74. The van der Waals surface area contributed by atoms with E-state index in [4.69, 9.17) is 10.2 Å². The molecule has 0 aliphatic carbocycles. The van der Waals surface area contributed by atoms with Crippen LogP contribution in [0.1, 0.15) is 5.76 Å². The Kier molecular flexibility index (Phi) is 3.19. The van der Waals surface area contributed by atoms with Crippen LogP contribution in [-0.2, 0) is 6.54 Å². The summed E-state index contributed by atoms with van der Waals surface area (Å²) < 4.78 is 6.30. The van der Waals surface area contributed by atoms with Crippen LogP contribution in [0.4, 0.5) is 11.4 Å². The summed E-state index contributed by atoms with van der Waals surface area (Å²) in [5.41, 5.74) is 7.54. The Bertz CT molecular complexity index is 468. The maximum Gasteiger partial charge on any atom is 0.123 e. The van der Waals surface area contributed by atoms with E-state index in [0.717, 1.165) is 28.2 Å². The van der Waals surface area contributed by atoms with E-state index in [0.29, 0.717) is 0 Å². The Labute approximate surface area is 103 Å². The van der Waals surface area contributed by atoms with E-state index in [2.05, 4.69) is 20.8 Å². The lowest BCUT2D eigenvalue weighted by Gasteiger charge is -2.19. The molecule has 0 aliphatic rings. The minimum absolute atomic E-state index is 0.732. The van der Waals surface area contributed by atoms with Crippen LogP contribution >= 0.6 is 15.9 Å². The lowest BCUT2D eigenvalue weighted by molar-refractivity contribution is 0.507. The molecule has 0 radical (unpaired) electrons. The van der Waals surface area contributed by atoms with Crippen molar-refractivity contribution in [2.45, 2.75) is 6.54 Å². The first-order valence-electron chi connectivity index (χ1n) is 4.95. The van der Waals surface area contributed by atoms with Crippen LogP contribution in [-0.4, -0.2) is 7.05 Å². The second-order valence-electron chi connectivity index (χ2n) is 3.65. The molecule has 2 rings (SSSR count). The van der Waals surface area contributed by atoms with Crippen LogP contribution in [0.5, 0.6) is 0 Å². The molecule has 0 spiro atoms. The average Bonchev–Trinajstić information content (AvgIpc) is 2.70. The van der Waals surface area contributed by atoms with Gasteiger partial charge >= 0.3 is 0 Å². The third kappa shape index (κ3) is 2.39. The van der Waals surface area contributed by atoms with E-state index in [1.54, 1.807) is 6.26 Å². The number of benzene rings is 1. The van der Waals surface area contributed by atoms with Crippen LogP contribution in [0.2, 0.25) is 0 Å². The Hall–Kier alpha value is -1.42. The molecule has 4 heteroatoms. The summed E-state index contributed by atoms with van der Waals surface area (Å²) in [7, 11) is 2.01. The lowest BCUT2D eigenvalue weighted by Crippen LogP contribution is -2.16. The molecular formula is C12H13BrN2O. The first-order chi connectivity index (χ1) is 7.66. The van der Waals surface area contributed by atoms with Gasteiger partial charge in [-0.1, -0.05) is 0 Å². The average molecular weight is 281 g/mol. The van der Waals surface area contributed by atoms with Gasteiger partial charge in [-0.2, -0.15) is 0 Å². The van der Waals surface area contributed by atoms with Crippen LogP contribution in [0.15, 0.2) is 45.5 Å². The molecule has 16 heavy (non-hydrogen) atoms. The van der Waals surface area contributed by atoms with Gasteiger partial charge in [0.1, 0.15) is 5.76 Å². The standard InChI is InChI=1S/C12H13BrN2O/c1-15(8-10-3-2-6-16-10)12-5-4-9(14)7-11(12)13/h2-7H,8,14H2,1H3. The molecule has 2 N–H and O–H groups in total. The number of hydrogen-bond acceptors (Lipinski definition) is 3. The van der Waals surface area contributed by atoms with Gasteiger partial charge in [0, 0.05) is 17.2 Å². The molecule has 0 fully saturated rings. The highest BCUT2D eigenvalue weighted by Crippen LogP contribution is 2.28. The molecule has 84 valence electrons. The lowest BCUT2D eigenvalue weighted by atomic mass is 10.2. The molecule has 0 saturated heterocycles. The second kappa shape index (κ2) is 4.61. The zero-order valence-electron chi connectivity index (χ0n) is 8.98. The Morgan fingerprint density at radius 1 is 1.38 bits per heavy atom. The monoisotopic (exact) mass is 280 g/mol. The fraction of sp³-hybridized carbons (Fsp3) is 0.167. The summed E-state index contributed by atoms with van der Waals surface area (Å²) in [5, 5.41) is 0. The highest BCUT2D eigenvalue weighted by molar-refractivity contribution is 9.10. The number of nitrogens with zero attached hydrogens (tertiary/aromatic N) is 1. The van der Waals surface area contributed by atoms with Crippen molar-refractivity contribution < 1.29 is 4.42 Å². The largest absolute Gasteiger partial charge is 0.467 e. The zero-order chi connectivity index (χ0) is 11.5. The van der Waals surface area contributed by atoms with E-state index >= 15 is 0 Å². The van der Waals surface area contributed by atoms with Crippen molar-refractivity contribution in [3.05, 3.63) is 46.8 Å². The van der Waals surface area contributed by atoms with Gasteiger partial charge in [0.05, 0.1) is 18.5 Å². The molecule has 0 unspecified atom stereocenters. The number of halogens is 1. The van der Waals surface area contributed by atoms with Crippen LogP contribution in [0.3, 0.4) is 0 Å². The molecule has 0 bridgehead atoms. The number of anilines is 2. The van der Waals surface area contributed by atoms with Crippen molar-refractivity contribution in [3.63, 3.8) is 0 Å². The van der Waals surface area contributed by atoms with Gasteiger partial charge in [-0.3, -0.25) is 0 Å². The maximum absolute atomic E-state index is 5.70. The predicted molar refractivity (Wildman–Crippen MR) is 69.4 cm³/mol. The highest BCUT2D eigenvalue weighted by atomic mass is 79.9. The third-order valence-corrected chi connectivity index (χ3v) is 2.99. The first kappa shape index (κ1) is 11.1. The smallest absolute Gasteiger partial charge is 0.123 e. The van der Waals surface area contributed by atoms with E-state index in [1.165, 1.54) is 0 Å². The Morgan fingerprint density at radius 3 is 2.81 bits per heavy atom. The molecule has 0 saturated carbocycles. The molecule has 1 aromatic carbocycles. The number of nitrogens with two attached hydrogens (primary N) is 1. The molecule has 0 aliphatic heterocycles. The number of nitrogen functional groups attached to an aromatic ring is 1. The number of hydrogen-bond donors (Lipinski definition) is 1. The highest BCUT2D eigenvalue weighted by Gasteiger charge is 2.07. The summed E-state index contributed by atoms with van der Waals surface area (Å²) in [5.74, 6) is 0.936. The summed E-state index contributed by atoms with van der Waals surface area (Å²) in [4.78, 5) is 2.10. The van der Waals surface area contributed by atoms with Crippen molar-refractivity contribution in [1.29, 1.82) is 0 Å². The Balaban J connectivity index is 2.17. The van der Waals surface area contributed by atoms with Gasteiger partial charge < -0.3 is 15.1 Å². The van der Waals surface area contributed by atoms with E-state index in [-0.39, 0.29) is 0 Å². The van der Waals surface area contributed by atoms with Crippen LogP contribution in [0.25, 0.3) is 0 Å². The van der Waals surface area contributed by atoms with Crippen LogP contribution in [0, 0.1) is 0 Å². The van der Waals surface area contributed by atoms with Crippen LogP contribution < -0.4 is 10.6 Å². The SMILES string of the molecule is CN(Cc1ccco1)c1ccc(N)cc1Br. The van der Waals surface area contributed by atoms with Gasteiger partial charge in [-0.25, -0.2) is 0 Å². The van der Waals surface area contributed by atoms with E-state index in [1.807, 2.05) is 37.4 Å². The molecule has 3 nitrogen and oxygen atoms in total. The summed E-state index contributed by atoms with van der Waals surface area (Å²) in [6.45, 7) is 0.732. The van der Waals surface area contributed by atoms with Gasteiger partial charge in [0.2, 0.25) is 0 Å². The third-order valence-electron chi connectivity index (χ3n) is 2.36. The van der Waals surface area contributed by atoms with Crippen molar-refractivity contribution in [1.82, 2.24) is 0 Å². The van der Waals surface area contributed by atoms with Gasteiger partial charge in [-0.05, 0) is 46.3 Å². The summed E-state index contributed by atoms with van der Waals surface area (Å²) >= 11 is 3.50. The molecule has 1 aromatic heterocycles. The van der Waals surface area contributed by atoms with E-state index in [9.17, 15) is 0 Å². The topological polar surface area (TPSA) is 42.4 Å².